The molecule has 0 aromatic rings. The minimum atomic E-state index is -4.32. The zero-order chi connectivity index (χ0) is 13.5. The smallest absolute Gasteiger partial charge is 0.391 e. The first kappa shape index (κ1) is 16.2. The Balaban J connectivity index is 3.60. The summed E-state index contributed by atoms with van der Waals surface area (Å²) < 4.78 is 35.2. The number of nitrogens with one attached hydrogen (secondary N) is 2. The Labute approximate surface area is 98.6 Å². The SMILES string of the molecule is CC(C)CC(O)CNC(=O)CNCC(F)(F)F. The number of hydrogen-bond acceptors (Lipinski definition) is 3. The van der Waals surface area contributed by atoms with Gasteiger partial charge in [-0.25, -0.2) is 0 Å². The van der Waals surface area contributed by atoms with Crippen molar-refractivity contribution in [2.24, 2.45) is 5.92 Å². The van der Waals surface area contributed by atoms with Crippen molar-refractivity contribution < 1.29 is 23.1 Å². The fourth-order valence-electron chi connectivity index (χ4n) is 1.24. The first-order valence-electron chi connectivity index (χ1n) is 5.43. The highest BCUT2D eigenvalue weighted by Gasteiger charge is 2.26. The van der Waals surface area contributed by atoms with Crippen LogP contribution in [-0.4, -0.2) is 42.9 Å². The summed E-state index contributed by atoms with van der Waals surface area (Å²) in [5.41, 5.74) is 0. The average molecular weight is 256 g/mol. The molecule has 4 nitrogen and oxygen atoms in total. The molecule has 0 aliphatic carbocycles. The molecule has 1 atom stereocenters. The molecule has 7 heteroatoms. The molecule has 0 spiro atoms. The molecular weight excluding hydrogens is 237 g/mol. The standard InChI is InChI=1S/C10H19F3N2O2/c1-7(2)3-8(16)4-15-9(17)5-14-6-10(11,12)13/h7-8,14,16H,3-6H2,1-2H3,(H,15,17). The molecule has 0 aromatic carbocycles. The lowest BCUT2D eigenvalue weighted by molar-refractivity contribution is -0.128. The fourth-order valence-corrected chi connectivity index (χ4v) is 1.24. The molecule has 0 saturated heterocycles. The molecule has 0 heterocycles. The van der Waals surface area contributed by atoms with Crippen molar-refractivity contribution in [3.05, 3.63) is 0 Å². The van der Waals surface area contributed by atoms with E-state index in [4.69, 9.17) is 0 Å². The molecule has 17 heavy (non-hydrogen) atoms. The minimum Gasteiger partial charge on any atom is -0.391 e. The van der Waals surface area contributed by atoms with Gasteiger partial charge in [0.15, 0.2) is 0 Å². The number of aliphatic hydroxyl groups excluding tert-OH is 1. The van der Waals surface area contributed by atoms with Gasteiger partial charge in [-0.3, -0.25) is 4.79 Å². The van der Waals surface area contributed by atoms with E-state index in [2.05, 4.69) is 5.32 Å². The van der Waals surface area contributed by atoms with E-state index in [9.17, 15) is 23.1 Å². The number of rotatable bonds is 7. The molecule has 102 valence electrons. The Morgan fingerprint density at radius 2 is 1.94 bits per heavy atom. The van der Waals surface area contributed by atoms with E-state index in [0.29, 0.717) is 12.3 Å². The highest BCUT2D eigenvalue weighted by atomic mass is 19.4. The fraction of sp³-hybridized carbons (Fsp3) is 0.900. The summed E-state index contributed by atoms with van der Waals surface area (Å²) >= 11 is 0. The van der Waals surface area contributed by atoms with Crippen LogP contribution in [0, 0.1) is 5.92 Å². The molecule has 1 amide bonds. The zero-order valence-electron chi connectivity index (χ0n) is 9.97. The first-order chi connectivity index (χ1) is 7.70. The lowest BCUT2D eigenvalue weighted by Crippen LogP contribution is -2.41. The maximum atomic E-state index is 11.7. The van der Waals surface area contributed by atoms with Crippen molar-refractivity contribution >= 4 is 5.91 Å². The van der Waals surface area contributed by atoms with Crippen molar-refractivity contribution in [2.45, 2.75) is 32.5 Å². The van der Waals surface area contributed by atoms with Crippen LogP contribution in [0.25, 0.3) is 0 Å². The molecule has 0 fully saturated rings. The molecule has 0 radical (unpaired) electrons. The third-order valence-corrected chi connectivity index (χ3v) is 1.89. The second kappa shape index (κ2) is 7.50. The molecule has 0 rings (SSSR count). The highest BCUT2D eigenvalue weighted by molar-refractivity contribution is 5.77. The lowest BCUT2D eigenvalue weighted by atomic mass is 10.1. The molecule has 0 aliphatic rings. The van der Waals surface area contributed by atoms with Crippen LogP contribution < -0.4 is 10.6 Å². The Morgan fingerprint density at radius 1 is 1.35 bits per heavy atom. The van der Waals surface area contributed by atoms with Crippen LogP contribution in [0.2, 0.25) is 0 Å². The van der Waals surface area contributed by atoms with Crippen molar-refractivity contribution in [2.75, 3.05) is 19.6 Å². The second-order valence-corrected chi connectivity index (χ2v) is 4.31. The Hall–Kier alpha value is -0.820. The van der Waals surface area contributed by atoms with Crippen LogP contribution in [0.4, 0.5) is 13.2 Å². The number of amides is 1. The van der Waals surface area contributed by atoms with Crippen molar-refractivity contribution in [3.8, 4) is 0 Å². The van der Waals surface area contributed by atoms with Crippen LogP contribution in [0.3, 0.4) is 0 Å². The summed E-state index contributed by atoms with van der Waals surface area (Å²) in [6.07, 6.45) is -4.45. The Morgan fingerprint density at radius 3 is 2.41 bits per heavy atom. The topological polar surface area (TPSA) is 61.4 Å². The van der Waals surface area contributed by atoms with Gasteiger partial charge in [0.1, 0.15) is 0 Å². The third-order valence-electron chi connectivity index (χ3n) is 1.89. The Kier molecular flexibility index (Phi) is 7.13. The quantitative estimate of drug-likeness (QED) is 0.627. The first-order valence-corrected chi connectivity index (χ1v) is 5.43. The normalized spacial score (nSPS) is 13.8. The summed E-state index contributed by atoms with van der Waals surface area (Å²) in [6, 6.07) is 0. The van der Waals surface area contributed by atoms with Gasteiger partial charge in [-0.2, -0.15) is 13.2 Å². The number of carbonyl (C=O) groups excluding carboxylic acids is 1. The summed E-state index contributed by atoms with van der Waals surface area (Å²) in [7, 11) is 0. The van der Waals surface area contributed by atoms with Crippen LogP contribution in [0.15, 0.2) is 0 Å². The maximum absolute atomic E-state index is 11.7. The van der Waals surface area contributed by atoms with E-state index in [1.165, 1.54) is 0 Å². The average Bonchev–Trinajstić information content (AvgIpc) is 2.11. The summed E-state index contributed by atoms with van der Waals surface area (Å²) in [6.45, 7) is 2.31. The summed E-state index contributed by atoms with van der Waals surface area (Å²) in [4.78, 5) is 11.1. The minimum absolute atomic E-state index is 0.0602. The molecule has 0 bridgehead atoms. The molecule has 0 aromatic heterocycles. The van der Waals surface area contributed by atoms with E-state index in [-0.39, 0.29) is 6.54 Å². The largest absolute Gasteiger partial charge is 0.401 e. The van der Waals surface area contributed by atoms with E-state index in [1.807, 2.05) is 19.2 Å². The monoisotopic (exact) mass is 256 g/mol. The number of hydrogen-bond donors (Lipinski definition) is 3. The van der Waals surface area contributed by atoms with Crippen LogP contribution in [-0.2, 0) is 4.79 Å². The molecule has 0 saturated carbocycles. The molecule has 1 unspecified atom stereocenters. The van der Waals surface area contributed by atoms with Gasteiger partial charge in [-0.15, -0.1) is 0 Å². The molecule has 3 N–H and O–H groups in total. The van der Waals surface area contributed by atoms with Crippen molar-refractivity contribution in [3.63, 3.8) is 0 Å². The second-order valence-electron chi connectivity index (χ2n) is 4.31. The van der Waals surface area contributed by atoms with E-state index in [1.54, 1.807) is 0 Å². The lowest BCUT2D eigenvalue weighted by Gasteiger charge is -2.14. The van der Waals surface area contributed by atoms with E-state index < -0.39 is 31.3 Å². The maximum Gasteiger partial charge on any atom is 0.401 e. The van der Waals surface area contributed by atoms with Gasteiger partial charge in [0, 0.05) is 6.54 Å². The van der Waals surface area contributed by atoms with Gasteiger partial charge in [0.05, 0.1) is 19.2 Å². The summed E-state index contributed by atoms with van der Waals surface area (Å²) in [5.74, 6) is -0.262. The summed E-state index contributed by atoms with van der Waals surface area (Å²) in [5, 5.41) is 13.7. The van der Waals surface area contributed by atoms with Gasteiger partial charge in [0.2, 0.25) is 5.91 Å². The number of carbonyl (C=O) groups is 1. The Bertz CT molecular complexity index is 232. The van der Waals surface area contributed by atoms with Gasteiger partial charge >= 0.3 is 6.18 Å². The van der Waals surface area contributed by atoms with Gasteiger partial charge < -0.3 is 15.7 Å². The van der Waals surface area contributed by atoms with Crippen LogP contribution in [0.1, 0.15) is 20.3 Å². The molecular formula is C10H19F3N2O2. The van der Waals surface area contributed by atoms with Gasteiger partial charge in [-0.1, -0.05) is 13.8 Å². The van der Waals surface area contributed by atoms with Gasteiger partial charge in [0.25, 0.3) is 0 Å². The third kappa shape index (κ3) is 11.4. The number of halogens is 3. The van der Waals surface area contributed by atoms with Crippen LogP contribution >= 0.6 is 0 Å². The zero-order valence-corrected chi connectivity index (χ0v) is 9.97. The van der Waals surface area contributed by atoms with E-state index >= 15 is 0 Å². The predicted molar refractivity (Wildman–Crippen MR) is 57.4 cm³/mol. The molecule has 0 aliphatic heterocycles. The van der Waals surface area contributed by atoms with Crippen molar-refractivity contribution in [1.29, 1.82) is 0 Å². The number of alkyl halides is 3. The van der Waals surface area contributed by atoms with E-state index in [0.717, 1.165) is 0 Å². The van der Waals surface area contributed by atoms with Crippen LogP contribution in [0.5, 0.6) is 0 Å². The number of aliphatic hydroxyl groups is 1. The predicted octanol–water partition coefficient (Wildman–Crippen LogP) is 0.661. The van der Waals surface area contributed by atoms with Crippen molar-refractivity contribution in [1.82, 2.24) is 10.6 Å². The van der Waals surface area contributed by atoms with Gasteiger partial charge in [-0.05, 0) is 12.3 Å². The highest BCUT2D eigenvalue weighted by Crippen LogP contribution is 2.11.